The van der Waals surface area contributed by atoms with Crippen LogP contribution >= 0.6 is 0 Å². The van der Waals surface area contributed by atoms with Crippen LogP contribution in [-0.4, -0.2) is 28.8 Å². The minimum atomic E-state index is -4.78. The maximum atomic E-state index is 12.5. The van der Waals surface area contributed by atoms with E-state index in [1.165, 1.54) is 18.2 Å². The molecule has 1 aromatic carbocycles. The summed E-state index contributed by atoms with van der Waals surface area (Å²) in [7, 11) is 0. The normalized spacial score (nSPS) is 11.8. The van der Waals surface area contributed by atoms with Crippen molar-refractivity contribution in [3.8, 4) is 22.6 Å². The summed E-state index contributed by atoms with van der Waals surface area (Å²) in [6.07, 6.45) is -1.68. The van der Waals surface area contributed by atoms with Crippen molar-refractivity contribution in [1.82, 2.24) is 9.78 Å². The average Bonchev–Trinajstić information content (AvgIpc) is 2.88. The summed E-state index contributed by atoms with van der Waals surface area (Å²) in [5, 5.41) is 4.14. The number of hydrogen-bond donors (Lipinski definition) is 1. The summed E-state index contributed by atoms with van der Waals surface area (Å²) in [5.74, 6) is -0.342. The molecule has 0 radical (unpaired) electrons. The number of ether oxygens (including phenoxy) is 2. The minimum Gasteiger partial charge on any atom is -0.487 e. The molecule has 0 spiro atoms. The highest BCUT2D eigenvalue weighted by atomic mass is 19.4. The number of nitrogens with two attached hydrogens (primary N) is 1. The zero-order chi connectivity index (χ0) is 17.0. The summed E-state index contributed by atoms with van der Waals surface area (Å²) in [6, 6.07) is 4.27. The molecule has 0 saturated heterocycles. The van der Waals surface area contributed by atoms with Gasteiger partial charge in [-0.1, -0.05) is 6.07 Å². The van der Waals surface area contributed by atoms with E-state index in [-0.39, 0.29) is 17.6 Å². The second kappa shape index (κ2) is 6.91. The highest BCUT2D eigenvalue weighted by Crippen LogP contribution is 2.36. The molecule has 1 heterocycles. The van der Waals surface area contributed by atoms with Gasteiger partial charge in [-0.05, 0) is 31.5 Å². The van der Waals surface area contributed by atoms with E-state index in [4.69, 9.17) is 10.5 Å². The van der Waals surface area contributed by atoms with Gasteiger partial charge in [-0.25, -0.2) is 0 Å². The number of hydrogen-bond acceptors (Lipinski definition) is 4. The van der Waals surface area contributed by atoms with Gasteiger partial charge in [0.05, 0.1) is 18.8 Å². The van der Waals surface area contributed by atoms with E-state index in [0.717, 1.165) is 5.56 Å². The van der Waals surface area contributed by atoms with Crippen LogP contribution in [-0.2, 0) is 6.54 Å². The highest BCUT2D eigenvalue weighted by Gasteiger charge is 2.32. The van der Waals surface area contributed by atoms with Gasteiger partial charge in [0.2, 0.25) is 0 Å². The first-order valence-corrected chi connectivity index (χ1v) is 7.08. The molecule has 0 amide bonds. The Bertz CT molecular complexity index is 654. The molecule has 0 aliphatic heterocycles. The molecule has 0 bridgehead atoms. The number of halogens is 3. The maximum Gasteiger partial charge on any atom is 0.573 e. The molecule has 0 aliphatic carbocycles. The van der Waals surface area contributed by atoms with Crippen LogP contribution in [0.5, 0.6) is 11.5 Å². The van der Waals surface area contributed by atoms with Crippen LogP contribution in [0.25, 0.3) is 11.1 Å². The Balaban J connectivity index is 2.34. The van der Waals surface area contributed by atoms with Crippen molar-refractivity contribution in [3.63, 3.8) is 0 Å². The number of nitrogens with zero attached hydrogens (tertiary/aromatic N) is 2. The van der Waals surface area contributed by atoms with Crippen molar-refractivity contribution >= 4 is 0 Å². The fourth-order valence-electron chi connectivity index (χ4n) is 2.01. The molecule has 5 nitrogen and oxygen atoms in total. The Kier molecular flexibility index (Phi) is 5.15. The van der Waals surface area contributed by atoms with Crippen molar-refractivity contribution in [2.45, 2.75) is 32.9 Å². The van der Waals surface area contributed by atoms with E-state index in [1.807, 2.05) is 0 Å². The van der Waals surface area contributed by atoms with Gasteiger partial charge in [0.25, 0.3) is 0 Å². The third-order valence-electron chi connectivity index (χ3n) is 2.86. The number of aromatic nitrogens is 2. The monoisotopic (exact) mass is 329 g/mol. The fraction of sp³-hybridized carbons (Fsp3) is 0.400. The Morgan fingerprint density at radius 2 is 1.96 bits per heavy atom. The number of benzene rings is 1. The lowest BCUT2D eigenvalue weighted by Crippen LogP contribution is -2.18. The first-order chi connectivity index (χ1) is 10.8. The zero-order valence-corrected chi connectivity index (χ0v) is 12.8. The predicted octanol–water partition coefficient (Wildman–Crippen LogP) is 3.19. The van der Waals surface area contributed by atoms with Gasteiger partial charge in [0.1, 0.15) is 0 Å². The topological polar surface area (TPSA) is 62.3 Å². The van der Waals surface area contributed by atoms with Crippen molar-refractivity contribution in [2.75, 3.05) is 6.54 Å². The molecular formula is C15H18F3N3O2. The first kappa shape index (κ1) is 17.1. The first-order valence-electron chi connectivity index (χ1n) is 7.08. The lowest BCUT2D eigenvalue weighted by Gasteiger charge is -2.17. The van der Waals surface area contributed by atoms with E-state index < -0.39 is 6.36 Å². The quantitative estimate of drug-likeness (QED) is 0.884. The van der Waals surface area contributed by atoms with Crippen LogP contribution in [0.15, 0.2) is 30.6 Å². The number of alkyl halides is 3. The molecule has 126 valence electrons. The molecule has 0 unspecified atom stereocenters. The summed E-state index contributed by atoms with van der Waals surface area (Å²) in [6.45, 7) is 4.46. The second-order valence-electron chi connectivity index (χ2n) is 5.16. The molecule has 2 aromatic rings. The molecule has 0 fully saturated rings. The molecule has 2 N–H and O–H groups in total. The van der Waals surface area contributed by atoms with E-state index >= 15 is 0 Å². The van der Waals surface area contributed by atoms with Crippen molar-refractivity contribution in [3.05, 3.63) is 30.6 Å². The van der Waals surface area contributed by atoms with E-state index in [2.05, 4.69) is 9.84 Å². The molecule has 0 aliphatic rings. The van der Waals surface area contributed by atoms with Gasteiger partial charge >= 0.3 is 6.36 Å². The van der Waals surface area contributed by atoms with Crippen LogP contribution in [0.1, 0.15) is 13.8 Å². The molecular weight excluding hydrogens is 311 g/mol. The molecule has 8 heteroatoms. The van der Waals surface area contributed by atoms with Crippen molar-refractivity contribution in [2.24, 2.45) is 5.73 Å². The second-order valence-corrected chi connectivity index (χ2v) is 5.16. The zero-order valence-electron chi connectivity index (χ0n) is 12.8. The third kappa shape index (κ3) is 4.88. The van der Waals surface area contributed by atoms with Crippen molar-refractivity contribution in [1.29, 1.82) is 0 Å². The van der Waals surface area contributed by atoms with Crippen LogP contribution in [0.4, 0.5) is 13.2 Å². The van der Waals surface area contributed by atoms with Crippen LogP contribution in [0, 0.1) is 0 Å². The van der Waals surface area contributed by atoms with Gasteiger partial charge < -0.3 is 15.2 Å². The summed E-state index contributed by atoms with van der Waals surface area (Å²) < 4.78 is 48.5. The summed E-state index contributed by atoms with van der Waals surface area (Å²) in [4.78, 5) is 0. The Morgan fingerprint density at radius 1 is 1.22 bits per heavy atom. The van der Waals surface area contributed by atoms with Crippen LogP contribution in [0.2, 0.25) is 0 Å². The molecule has 0 atom stereocenters. The maximum absolute atomic E-state index is 12.5. The Hall–Kier alpha value is -2.22. The predicted molar refractivity (Wildman–Crippen MR) is 79.2 cm³/mol. The largest absolute Gasteiger partial charge is 0.573 e. The molecule has 23 heavy (non-hydrogen) atoms. The van der Waals surface area contributed by atoms with Crippen LogP contribution in [0.3, 0.4) is 0 Å². The SMILES string of the molecule is CC(C)Oc1cc(-c2cnn(CCN)c2)ccc1OC(F)(F)F. The van der Waals surface area contributed by atoms with Crippen molar-refractivity contribution < 1.29 is 22.6 Å². The van der Waals surface area contributed by atoms with Gasteiger partial charge in [-0.15, -0.1) is 13.2 Å². The smallest absolute Gasteiger partial charge is 0.487 e. The Morgan fingerprint density at radius 3 is 2.57 bits per heavy atom. The average molecular weight is 329 g/mol. The van der Waals surface area contributed by atoms with Gasteiger partial charge in [-0.3, -0.25) is 4.68 Å². The summed E-state index contributed by atoms with van der Waals surface area (Å²) in [5.41, 5.74) is 6.90. The third-order valence-corrected chi connectivity index (χ3v) is 2.86. The highest BCUT2D eigenvalue weighted by molar-refractivity contribution is 5.66. The minimum absolute atomic E-state index is 0.0291. The number of rotatable bonds is 6. The van der Waals surface area contributed by atoms with Gasteiger partial charge in [0.15, 0.2) is 11.5 Å². The summed E-state index contributed by atoms with van der Waals surface area (Å²) >= 11 is 0. The van der Waals surface area contributed by atoms with E-state index in [1.54, 1.807) is 30.9 Å². The molecule has 2 rings (SSSR count). The van der Waals surface area contributed by atoms with Gasteiger partial charge in [-0.2, -0.15) is 5.10 Å². The lowest BCUT2D eigenvalue weighted by atomic mass is 10.1. The molecule has 0 saturated carbocycles. The van der Waals surface area contributed by atoms with E-state index in [0.29, 0.717) is 18.7 Å². The van der Waals surface area contributed by atoms with Crippen LogP contribution < -0.4 is 15.2 Å². The van der Waals surface area contributed by atoms with E-state index in [9.17, 15) is 13.2 Å². The standard InChI is InChI=1S/C15H18F3N3O2/c1-10(2)22-14-7-11(3-4-13(14)23-15(16,17)18)12-8-20-21(9-12)6-5-19/h3-4,7-10H,5-6,19H2,1-2H3. The molecule has 1 aromatic heterocycles. The Labute approximate surface area is 131 Å². The lowest BCUT2D eigenvalue weighted by molar-refractivity contribution is -0.275. The fourth-order valence-corrected chi connectivity index (χ4v) is 2.01. The van der Waals surface area contributed by atoms with Gasteiger partial charge in [0, 0.05) is 18.3 Å².